The van der Waals surface area contributed by atoms with Gasteiger partial charge in [0, 0.05) is 13.2 Å². The molecule has 1 rings (SSSR count). The number of hydrogen-bond donors (Lipinski definition) is 1. The van der Waals surface area contributed by atoms with E-state index in [9.17, 15) is 0 Å². The van der Waals surface area contributed by atoms with E-state index in [-0.39, 0.29) is 0 Å². The molecule has 0 radical (unpaired) electrons. The van der Waals surface area contributed by atoms with E-state index in [1.165, 1.54) is 0 Å². The van der Waals surface area contributed by atoms with Gasteiger partial charge in [0.1, 0.15) is 0 Å². The van der Waals surface area contributed by atoms with Gasteiger partial charge in [0.25, 0.3) is 0 Å². The minimum Gasteiger partial charge on any atom is -0.381 e. The first-order chi connectivity index (χ1) is 4.43. The van der Waals surface area contributed by atoms with Crippen LogP contribution in [0.1, 0.15) is 12.8 Å². The third kappa shape index (κ3) is 2.30. The highest BCUT2D eigenvalue weighted by molar-refractivity contribution is 4.61. The summed E-state index contributed by atoms with van der Waals surface area (Å²) in [5.74, 6) is 5.55. The van der Waals surface area contributed by atoms with E-state index in [2.05, 4.69) is 4.84 Å². The Balaban J connectivity index is 2.08. The Bertz CT molecular complexity index is 68.7. The van der Waals surface area contributed by atoms with E-state index in [4.69, 9.17) is 10.6 Å². The summed E-state index contributed by atoms with van der Waals surface area (Å²) >= 11 is 0. The van der Waals surface area contributed by atoms with Crippen molar-refractivity contribution < 1.29 is 9.57 Å². The Labute approximate surface area is 55.1 Å². The molecule has 1 aliphatic rings. The molecule has 1 heterocycles. The molecule has 0 bridgehead atoms. The molecule has 54 valence electrons. The van der Waals surface area contributed by atoms with Crippen LogP contribution in [0.5, 0.6) is 0 Å². The molecule has 0 aromatic heterocycles. The van der Waals surface area contributed by atoms with Crippen LogP contribution in [-0.4, -0.2) is 19.8 Å². The topological polar surface area (TPSA) is 44.5 Å². The van der Waals surface area contributed by atoms with Crippen molar-refractivity contribution in [3.05, 3.63) is 0 Å². The summed E-state index contributed by atoms with van der Waals surface area (Å²) in [6.45, 7) is 2.42. The Morgan fingerprint density at radius 3 is 2.67 bits per heavy atom. The zero-order valence-corrected chi connectivity index (χ0v) is 5.51. The molecular formula is C6H13NO2. The fraction of sp³-hybridized carbons (Fsp3) is 1.00. The minimum atomic E-state index is 0.628. The van der Waals surface area contributed by atoms with Crippen LogP contribution in [0.3, 0.4) is 0 Å². The second-order valence-corrected chi connectivity index (χ2v) is 2.39. The molecule has 1 fully saturated rings. The van der Waals surface area contributed by atoms with Crippen LogP contribution in [0, 0.1) is 5.92 Å². The summed E-state index contributed by atoms with van der Waals surface area (Å²) in [6, 6.07) is 0. The first-order valence-corrected chi connectivity index (χ1v) is 3.33. The van der Waals surface area contributed by atoms with E-state index in [0.717, 1.165) is 26.1 Å². The molecule has 0 saturated carbocycles. The second-order valence-electron chi connectivity index (χ2n) is 2.39. The first kappa shape index (κ1) is 6.99. The molecule has 1 saturated heterocycles. The largest absolute Gasteiger partial charge is 0.381 e. The van der Waals surface area contributed by atoms with Gasteiger partial charge in [-0.3, -0.25) is 0 Å². The van der Waals surface area contributed by atoms with Crippen molar-refractivity contribution in [2.75, 3.05) is 19.8 Å². The maximum atomic E-state index is 5.15. The van der Waals surface area contributed by atoms with E-state index in [1.807, 2.05) is 0 Å². The van der Waals surface area contributed by atoms with E-state index >= 15 is 0 Å². The van der Waals surface area contributed by atoms with Crippen molar-refractivity contribution in [2.45, 2.75) is 12.8 Å². The van der Waals surface area contributed by atoms with Crippen molar-refractivity contribution in [1.82, 2.24) is 0 Å². The normalized spacial score (nSPS) is 22.3. The smallest absolute Gasteiger partial charge is 0.0709 e. The van der Waals surface area contributed by atoms with E-state index in [1.54, 1.807) is 0 Å². The highest BCUT2D eigenvalue weighted by Gasteiger charge is 2.12. The Kier molecular flexibility index (Phi) is 2.97. The Morgan fingerprint density at radius 1 is 1.44 bits per heavy atom. The third-order valence-corrected chi connectivity index (χ3v) is 1.67. The lowest BCUT2D eigenvalue weighted by atomic mass is 10.0. The van der Waals surface area contributed by atoms with Gasteiger partial charge in [0.15, 0.2) is 0 Å². The molecule has 0 amide bonds. The van der Waals surface area contributed by atoms with Gasteiger partial charge in [-0.15, -0.1) is 0 Å². The monoisotopic (exact) mass is 131 g/mol. The van der Waals surface area contributed by atoms with Crippen LogP contribution in [-0.2, 0) is 9.57 Å². The zero-order chi connectivity index (χ0) is 6.53. The molecule has 3 nitrogen and oxygen atoms in total. The lowest BCUT2D eigenvalue weighted by Crippen LogP contribution is -2.21. The van der Waals surface area contributed by atoms with Gasteiger partial charge in [0.05, 0.1) is 6.61 Å². The van der Waals surface area contributed by atoms with Gasteiger partial charge in [-0.1, -0.05) is 0 Å². The lowest BCUT2D eigenvalue weighted by molar-refractivity contribution is 0.0204. The van der Waals surface area contributed by atoms with Gasteiger partial charge in [-0.05, 0) is 18.8 Å². The second kappa shape index (κ2) is 3.82. The van der Waals surface area contributed by atoms with Crippen LogP contribution in [0.15, 0.2) is 0 Å². The molecule has 9 heavy (non-hydrogen) atoms. The maximum Gasteiger partial charge on any atom is 0.0709 e. The third-order valence-electron chi connectivity index (χ3n) is 1.67. The van der Waals surface area contributed by atoms with Gasteiger partial charge >= 0.3 is 0 Å². The molecule has 0 atom stereocenters. The molecule has 1 aliphatic heterocycles. The summed E-state index contributed by atoms with van der Waals surface area (Å²) in [7, 11) is 0. The van der Waals surface area contributed by atoms with Crippen molar-refractivity contribution in [3.63, 3.8) is 0 Å². The highest BCUT2D eigenvalue weighted by Crippen LogP contribution is 2.13. The van der Waals surface area contributed by atoms with Crippen LogP contribution in [0.25, 0.3) is 0 Å². The van der Waals surface area contributed by atoms with Gasteiger partial charge in [0.2, 0.25) is 0 Å². The Hall–Kier alpha value is -0.120. The van der Waals surface area contributed by atoms with E-state index in [0.29, 0.717) is 12.5 Å². The van der Waals surface area contributed by atoms with Gasteiger partial charge in [-0.25, -0.2) is 5.90 Å². The SMILES string of the molecule is NOCC1CCOCC1. The number of rotatable bonds is 2. The molecule has 2 N–H and O–H groups in total. The average Bonchev–Trinajstić information content (AvgIpc) is 1.91. The Morgan fingerprint density at radius 2 is 2.11 bits per heavy atom. The molecular weight excluding hydrogens is 118 g/mol. The first-order valence-electron chi connectivity index (χ1n) is 3.33. The number of ether oxygens (including phenoxy) is 1. The van der Waals surface area contributed by atoms with Crippen LogP contribution < -0.4 is 5.90 Å². The fourth-order valence-electron chi connectivity index (χ4n) is 1.05. The summed E-state index contributed by atoms with van der Waals surface area (Å²) in [5.41, 5.74) is 0. The molecule has 0 aliphatic carbocycles. The van der Waals surface area contributed by atoms with Gasteiger partial charge in [-0.2, -0.15) is 0 Å². The molecule has 0 unspecified atom stereocenters. The lowest BCUT2D eigenvalue weighted by Gasteiger charge is -2.20. The molecule has 3 heteroatoms. The highest BCUT2D eigenvalue weighted by atomic mass is 16.6. The predicted molar refractivity (Wildman–Crippen MR) is 33.7 cm³/mol. The fourth-order valence-corrected chi connectivity index (χ4v) is 1.05. The zero-order valence-electron chi connectivity index (χ0n) is 5.51. The standard InChI is InChI=1S/C6H13NO2/c7-9-5-6-1-3-8-4-2-6/h6H,1-5,7H2. The minimum absolute atomic E-state index is 0.628. The van der Waals surface area contributed by atoms with Crippen molar-refractivity contribution in [3.8, 4) is 0 Å². The van der Waals surface area contributed by atoms with Crippen molar-refractivity contribution in [1.29, 1.82) is 0 Å². The van der Waals surface area contributed by atoms with Crippen molar-refractivity contribution in [2.24, 2.45) is 11.8 Å². The predicted octanol–water partition coefficient (Wildman–Crippen LogP) is 0.303. The summed E-state index contributed by atoms with van der Waals surface area (Å²) in [6.07, 6.45) is 2.19. The van der Waals surface area contributed by atoms with Gasteiger partial charge < -0.3 is 9.57 Å². The van der Waals surface area contributed by atoms with E-state index < -0.39 is 0 Å². The molecule has 0 spiro atoms. The maximum absolute atomic E-state index is 5.15. The molecule has 0 aromatic carbocycles. The summed E-state index contributed by atoms with van der Waals surface area (Å²) in [5, 5.41) is 0. The molecule has 0 aromatic rings. The van der Waals surface area contributed by atoms with Crippen molar-refractivity contribution >= 4 is 0 Å². The summed E-state index contributed by atoms with van der Waals surface area (Å²) in [4.78, 5) is 4.53. The number of hydrogen-bond acceptors (Lipinski definition) is 3. The average molecular weight is 131 g/mol. The van der Waals surface area contributed by atoms with Crippen LogP contribution in [0.2, 0.25) is 0 Å². The summed E-state index contributed by atoms with van der Waals surface area (Å²) < 4.78 is 5.15. The number of nitrogens with two attached hydrogens (primary N) is 1. The van der Waals surface area contributed by atoms with Crippen LogP contribution in [0.4, 0.5) is 0 Å². The quantitative estimate of drug-likeness (QED) is 0.548. The van der Waals surface area contributed by atoms with Crippen LogP contribution >= 0.6 is 0 Å².